The fraction of sp³-hybridized carbons (Fsp3) is 0.400. The standard InChI is InChI=1S/C10H15FN2O/c1-2-9(13)10(14)7-4-3-6(12)5-8(7)11/h3-5,9-10,14H,2,12-13H2,1H3/t9-,10-/m0/s1. The quantitative estimate of drug-likeness (QED) is 0.638. The molecular weight excluding hydrogens is 183 g/mol. The van der Waals surface area contributed by atoms with Gasteiger partial charge in [0, 0.05) is 17.3 Å². The van der Waals surface area contributed by atoms with Crippen LogP contribution in [0, 0.1) is 5.82 Å². The fourth-order valence-electron chi connectivity index (χ4n) is 1.24. The Hall–Kier alpha value is -1.13. The van der Waals surface area contributed by atoms with Gasteiger partial charge in [0.25, 0.3) is 0 Å². The Labute approximate surface area is 82.5 Å². The van der Waals surface area contributed by atoms with Gasteiger partial charge >= 0.3 is 0 Å². The van der Waals surface area contributed by atoms with Gasteiger partial charge in [-0.3, -0.25) is 0 Å². The molecule has 0 aliphatic carbocycles. The van der Waals surface area contributed by atoms with Crippen LogP contribution >= 0.6 is 0 Å². The summed E-state index contributed by atoms with van der Waals surface area (Å²) in [7, 11) is 0. The normalized spacial score (nSPS) is 15.1. The van der Waals surface area contributed by atoms with Crippen LogP contribution in [0.25, 0.3) is 0 Å². The summed E-state index contributed by atoms with van der Waals surface area (Å²) in [6, 6.07) is 3.74. The van der Waals surface area contributed by atoms with Crippen LogP contribution in [0.4, 0.5) is 10.1 Å². The lowest BCUT2D eigenvalue weighted by atomic mass is 10.0. The third-order valence-corrected chi connectivity index (χ3v) is 2.22. The lowest BCUT2D eigenvalue weighted by Crippen LogP contribution is -2.28. The average molecular weight is 198 g/mol. The Kier molecular flexibility index (Phi) is 3.43. The first-order chi connectivity index (χ1) is 6.56. The molecule has 1 aromatic rings. The summed E-state index contributed by atoms with van der Waals surface area (Å²) >= 11 is 0. The van der Waals surface area contributed by atoms with Gasteiger partial charge in [0.1, 0.15) is 5.82 Å². The Morgan fingerprint density at radius 2 is 2.14 bits per heavy atom. The number of benzene rings is 1. The summed E-state index contributed by atoms with van der Waals surface area (Å²) in [5.74, 6) is -0.513. The maximum Gasteiger partial charge on any atom is 0.131 e. The molecule has 3 nitrogen and oxygen atoms in total. The zero-order valence-corrected chi connectivity index (χ0v) is 8.07. The largest absolute Gasteiger partial charge is 0.399 e. The van der Waals surface area contributed by atoms with E-state index in [9.17, 15) is 9.50 Å². The Morgan fingerprint density at radius 1 is 1.50 bits per heavy atom. The highest BCUT2D eigenvalue weighted by atomic mass is 19.1. The molecule has 0 saturated carbocycles. The van der Waals surface area contributed by atoms with Gasteiger partial charge in [0.05, 0.1) is 6.10 Å². The fourth-order valence-corrected chi connectivity index (χ4v) is 1.24. The molecule has 0 aliphatic rings. The van der Waals surface area contributed by atoms with E-state index in [4.69, 9.17) is 11.5 Å². The van der Waals surface area contributed by atoms with Gasteiger partial charge in [0.2, 0.25) is 0 Å². The molecule has 1 aromatic carbocycles. The monoisotopic (exact) mass is 198 g/mol. The van der Waals surface area contributed by atoms with Crippen LogP contribution in [0.1, 0.15) is 25.0 Å². The Morgan fingerprint density at radius 3 is 2.64 bits per heavy atom. The summed E-state index contributed by atoms with van der Waals surface area (Å²) in [4.78, 5) is 0. The minimum absolute atomic E-state index is 0.202. The second-order valence-corrected chi connectivity index (χ2v) is 3.30. The number of nitrogens with two attached hydrogens (primary N) is 2. The average Bonchev–Trinajstić information content (AvgIpc) is 2.15. The number of rotatable bonds is 3. The smallest absolute Gasteiger partial charge is 0.131 e. The molecule has 0 amide bonds. The maximum absolute atomic E-state index is 13.3. The summed E-state index contributed by atoms with van der Waals surface area (Å²) in [6.45, 7) is 1.84. The zero-order valence-electron chi connectivity index (χ0n) is 8.07. The first kappa shape index (κ1) is 10.9. The molecule has 0 heterocycles. The lowest BCUT2D eigenvalue weighted by molar-refractivity contribution is 0.140. The molecule has 2 atom stereocenters. The van der Waals surface area contributed by atoms with Crippen molar-refractivity contribution in [1.29, 1.82) is 0 Å². The molecule has 5 N–H and O–H groups in total. The minimum Gasteiger partial charge on any atom is -0.399 e. The summed E-state index contributed by atoms with van der Waals surface area (Å²) in [6.07, 6.45) is -0.383. The van der Waals surface area contributed by atoms with Crippen molar-refractivity contribution >= 4 is 5.69 Å². The van der Waals surface area contributed by atoms with Gasteiger partial charge in [-0.1, -0.05) is 13.0 Å². The van der Waals surface area contributed by atoms with Crippen molar-refractivity contribution in [2.45, 2.75) is 25.5 Å². The summed E-state index contributed by atoms with van der Waals surface area (Å²) < 4.78 is 13.3. The maximum atomic E-state index is 13.3. The minimum atomic E-state index is -0.972. The van der Waals surface area contributed by atoms with Crippen molar-refractivity contribution in [3.05, 3.63) is 29.6 Å². The Balaban J connectivity index is 2.95. The van der Waals surface area contributed by atoms with Crippen molar-refractivity contribution in [3.8, 4) is 0 Å². The van der Waals surface area contributed by atoms with Crippen molar-refractivity contribution < 1.29 is 9.50 Å². The third kappa shape index (κ3) is 2.21. The number of nitrogen functional groups attached to an aromatic ring is 1. The summed E-state index contributed by atoms with van der Waals surface area (Å²) in [5, 5.41) is 9.65. The van der Waals surface area contributed by atoms with E-state index < -0.39 is 18.0 Å². The van der Waals surface area contributed by atoms with Gasteiger partial charge in [-0.05, 0) is 18.6 Å². The number of hydrogen-bond donors (Lipinski definition) is 3. The van der Waals surface area contributed by atoms with Crippen LogP contribution in [0.3, 0.4) is 0 Å². The van der Waals surface area contributed by atoms with E-state index in [1.54, 1.807) is 6.07 Å². The molecule has 14 heavy (non-hydrogen) atoms. The van der Waals surface area contributed by atoms with E-state index in [2.05, 4.69) is 0 Å². The number of aliphatic hydroxyl groups is 1. The van der Waals surface area contributed by atoms with E-state index in [1.807, 2.05) is 6.92 Å². The van der Waals surface area contributed by atoms with Gasteiger partial charge in [0.15, 0.2) is 0 Å². The lowest BCUT2D eigenvalue weighted by Gasteiger charge is -2.18. The molecular formula is C10H15FN2O. The molecule has 0 bridgehead atoms. The van der Waals surface area contributed by atoms with Crippen LogP contribution in [0.5, 0.6) is 0 Å². The van der Waals surface area contributed by atoms with E-state index in [0.29, 0.717) is 12.1 Å². The van der Waals surface area contributed by atoms with Crippen LogP contribution in [0.2, 0.25) is 0 Å². The van der Waals surface area contributed by atoms with Crippen molar-refractivity contribution in [2.75, 3.05) is 5.73 Å². The van der Waals surface area contributed by atoms with E-state index >= 15 is 0 Å². The van der Waals surface area contributed by atoms with Gasteiger partial charge in [-0.15, -0.1) is 0 Å². The van der Waals surface area contributed by atoms with E-state index in [1.165, 1.54) is 12.1 Å². The molecule has 78 valence electrons. The van der Waals surface area contributed by atoms with Gasteiger partial charge < -0.3 is 16.6 Å². The molecule has 1 rings (SSSR count). The number of halogens is 1. The van der Waals surface area contributed by atoms with Crippen molar-refractivity contribution in [2.24, 2.45) is 5.73 Å². The molecule has 0 radical (unpaired) electrons. The van der Waals surface area contributed by atoms with Crippen LogP contribution in [-0.4, -0.2) is 11.1 Å². The highest BCUT2D eigenvalue weighted by molar-refractivity contribution is 5.41. The van der Waals surface area contributed by atoms with Crippen molar-refractivity contribution in [3.63, 3.8) is 0 Å². The highest BCUT2D eigenvalue weighted by Crippen LogP contribution is 2.22. The van der Waals surface area contributed by atoms with Crippen LogP contribution < -0.4 is 11.5 Å². The predicted octanol–water partition coefficient (Wildman–Crippen LogP) is 1.18. The number of aliphatic hydroxyl groups excluding tert-OH is 1. The van der Waals surface area contributed by atoms with E-state index in [-0.39, 0.29) is 5.56 Å². The van der Waals surface area contributed by atoms with Crippen molar-refractivity contribution in [1.82, 2.24) is 0 Å². The topological polar surface area (TPSA) is 72.3 Å². The van der Waals surface area contributed by atoms with Crippen LogP contribution in [-0.2, 0) is 0 Å². The zero-order chi connectivity index (χ0) is 10.7. The number of hydrogen-bond acceptors (Lipinski definition) is 3. The molecule has 0 spiro atoms. The first-order valence-electron chi connectivity index (χ1n) is 4.54. The Bertz CT molecular complexity index is 317. The molecule has 4 heteroatoms. The molecule has 0 saturated heterocycles. The number of anilines is 1. The highest BCUT2D eigenvalue weighted by Gasteiger charge is 2.18. The second kappa shape index (κ2) is 4.39. The third-order valence-electron chi connectivity index (χ3n) is 2.22. The molecule has 0 aromatic heterocycles. The molecule has 0 unspecified atom stereocenters. The second-order valence-electron chi connectivity index (χ2n) is 3.30. The predicted molar refractivity (Wildman–Crippen MR) is 54.0 cm³/mol. The van der Waals surface area contributed by atoms with Gasteiger partial charge in [-0.2, -0.15) is 0 Å². The molecule has 0 fully saturated rings. The van der Waals surface area contributed by atoms with Gasteiger partial charge in [-0.25, -0.2) is 4.39 Å². The summed E-state index contributed by atoms with van der Waals surface area (Å²) in [5.41, 5.74) is 11.5. The van der Waals surface area contributed by atoms with Crippen LogP contribution in [0.15, 0.2) is 18.2 Å². The SMILES string of the molecule is CC[C@H](N)[C@@H](O)c1ccc(N)cc1F. The van der Waals surface area contributed by atoms with E-state index in [0.717, 1.165) is 0 Å². The first-order valence-corrected chi connectivity index (χ1v) is 4.54. The molecule has 0 aliphatic heterocycles.